The van der Waals surface area contributed by atoms with Crippen LogP contribution in [0.25, 0.3) is 11.3 Å². The molecule has 0 radical (unpaired) electrons. The maximum absolute atomic E-state index is 5.42. The molecule has 2 N–H and O–H groups in total. The summed E-state index contributed by atoms with van der Waals surface area (Å²) in [7, 11) is 0. The lowest BCUT2D eigenvalue weighted by Crippen LogP contribution is -2.39. The number of anilines is 2. The molecule has 0 bridgehead atoms. The Labute approximate surface area is 167 Å². The minimum Gasteiger partial charge on any atom is -0.379 e. The molecule has 6 heteroatoms. The lowest BCUT2D eigenvalue weighted by Gasteiger charge is -2.26. The van der Waals surface area contributed by atoms with Crippen molar-refractivity contribution < 1.29 is 4.74 Å². The van der Waals surface area contributed by atoms with E-state index < -0.39 is 0 Å². The van der Waals surface area contributed by atoms with E-state index in [1.807, 2.05) is 6.07 Å². The predicted octanol–water partition coefficient (Wildman–Crippen LogP) is 3.63. The van der Waals surface area contributed by atoms with Crippen molar-refractivity contribution in [3.8, 4) is 11.3 Å². The molecule has 0 spiro atoms. The Morgan fingerprint density at radius 1 is 1.00 bits per heavy atom. The second-order valence-electron chi connectivity index (χ2n) is 7.69. The predicted molar refractivity (Wildman–Crippen MR) is 114 cm³/mol. The van der Waals surface area contributed by atoms with Crippen LogP contribution in [0, 0.1) is 0 Å². The van der Waals surface area contributed by atoms with Crippen LogP contribution in [0.4, 0.5) is 11.8 Å². The molecule has 1 aromatic carbocycles. The van der Waals surface area contributed by atoms with Gasteiger partial charge < -0.3 is 15.4 Å². The number of rotatable bonds is 7. The molecular formula is C22H31N5O. The molecule has 1 aromatic heterocycles. The Balaban J connectivity index is 1.46. The maximum Gasteiger partial charge on any atom is 0.225 e. The highest BCUT2D eigenvalue weighted by Crippen LogP contribution is 2.25. The van der Waals surface area contributed by atoms with Crippen molar-refractivity contribution in [1.82, 2.24) is 14.9 Å². The van der Waals surface area contributed by atoms with E-state index in [-0.39, 0.29) is 0 Å². The zero-order valence-corrected chi connectivity index (χ0v) is 16.6. The van der Waals surface area contributed by atoms with Gasteiger partial charge >= 0.3 is 0 Å². The number of hydrogen-bond donors (Lipinski definition) is 2. The quantitative estimate of drug-likeness (QED) is 0.764. The summed E-state index contributed by atoms with van der Waals surface area (Å²) in [6, 6.07) is 12.9. The normalized spacial score (nSPS) is 18.7. The molecule has 0 atom stereocenters. The summed E-state index contributed by atoms with van der Waals surface area (Å²) in [6.07, 6.45) is 6.42. The van der Waals surface area contributed by atoms with Crippen LogP contribution in [-0.4, -0.2) is 60.3 Å². The van der Waals surface area contributed by atoms with Crippen molar-refractivity contribution >= 4 is 11.8 Å². The van der Waals surface area contributed by atoms with Gasteiger partial charge in [-0.1, -0.05) is 49.6 Å². The lowest BCUT2D eigenvalue weighted by atomic mass is 9.95. The van der Waals surface area contributed by atoms with Crippen molar-refractivity contribution in [3.05, 3.63) is 36.4 Å². The monoisotopic (exact) mass is 381 g/mol. The van der Waals surface area contributed by atoms with Crippen molar-refractivity contribution in [2.75, 3.05) is 50.0 Å². The molecule has 2 heterocycles. The molecule has 2 aliphatic rings. The fourth-order valence-corrected chi connectivity index (χ4v) is 3.96. The smallest absolute Gasteiger partial charge is 0.225 e. The fourth-order valence-electron chi connectivity index (χ4n) is 3.96. The maximum atomic E-state index is 5.42. The number of nitrogens with one attached hydrogen (secondary N) is 2. The van der Waals surface area contributed by atoms with E-state index in [4.69, 9.17) is 14.7 Å². The van der Waals surface area contributed by atoms with Crippen molar-refractivity contribution in [2.45, 2.75) is 38.1 Å². The second kappa shape index (κ2) is 9.85. The first-order valence-electron chi connectivity index (χ1n) is 10.6. The number of nitrogens with zero attached hydrogens (tertiary/aromatic N) is 3. The van der Waals surface area contributed by atoms with Gasteiger partial charge in [-0.3, -0.25) is 4.90 Å². The molecule has 28 heavy (non-hydrogen) atoms. The molecular weight excluding hydrogens is 350 g/mol. The van der Waals surface area contributed by atoms with Gasteiger partial charge in [0.1, 0.15) is 5.82 Å². The van der Waals surface area contributed by atoms with E-state index in [2.05, 4.69) is 45.9 Å². The van der Waals surface area contributed by atoms with Crippen LogP contribution in [0.5, 0.6) is 0 Å². The summed E-state index contributed by atoms with van der Waals surface area (Å²) in [5.41, 5.74) is 2.08. The average Bonchev–Trinajstić information content (AvgIpc) is 2.76. The Hall–Kier alpha value is -2.18. The highest BCUT2D eigenvalue weighted by molar-refractivity contribution is 5.64. The largest absolute Gasteiger partial charge is 0.379 e. The molecule has 2 aromatic rings. The fraction of sp³-hybridized carbons (Fsp3) is 0.545. The van der Waals surface area contributed by atoms with Gasteiger partial charge in [0, 0.05) is 43.9 Å². The highest BCUT2D eigenvalue weighted by Gasteiger charge is 2.15. The summed E-state index contributed by atoms with van der Waals surface area (Å²) in [5, 5.41) is 7.09. The number of ether oxygens (including phenoxy) is 1. The zero-order valence-electron chi connectivity index (χ0n) is 16.6. The number of morpholine rings is 1. The third-order valence-corrected chi connectivity index (χ3v) is 5.57. The minimum absolute atomic E-state index is 0.522. The van der Waals surface area contributed by atoms with E-state index in [1.54, 1.807) is 0 Å². The van der Waals surface area contributed by atoms with Crippen molar-refractivity contribution in [3.63, 3.8) is 0 Å². The van der Waals surface area contributed by atoms with Gasteiger partial charge in [-0.15, -0.1) is 0 Å². The van der Waals surface area contributed by atoms with Crippen LogP contribution in [-0.2, 0) is 4.74 Å². The first kappa shape index (κ1) is 19.2. The SMILES string of the molecule is c1ccc(-c2cc(NC3CCCCC3)nc(NCCN3CCOCC3)n2)cc1. The second-order valence-corrected chi connectivity index (χ2v) is 7.69. The Morgan fingerprint density at radius 2 is 1.79 bits per heavy atom. The van der Waals surface area contributed by atoms with Gasteiger partial charge in [0.05, 0.1) is 18.9 Å². The molecule has 1 saturated carbocycles. The van der Waals surface area contributed by atoms with Crippen molar-refractivity contribution in [2.24, 2.45) is 0 Å². The summed E-state index contributed by atoms with van der Waals surface area (Å²) in [6.45, 7) is 5.47. The minimum atomic E-state index is 0.522. The summed E-state index contributed by atoms with van der Waals surface area (Å²) < 4.78 is 5.42. The molecule has 1 aliphatic heterocycles. The van der Waals surface area contributed by atoms with Crippen LogP contribution in [0.3, 0.4) is 0 Å². The summed E-state index contributed by atoms with van der Waals surface area (Å²) in [4.78, 5) is 11.9. The van der Waals surface area contributed by atoms with Crippen LogP contribution in [0.15, 0.2) is 36.4 Å². The Kier molecular flexibility index (Phi) is 6.73. The first-order chi connectivity index (χ1) is 13.9. The van der Waals surface area contributed by atoms with Gasteiger partial charge in [0.2, 0.25) is 5.95 Å². The molecule has 2 fully saturated rings. The van der Waals surface area contributed by atoms with Crippen molar-refractivity contribution in [1.29, 1.82) is 0 Å². The van der Waals surface area contributed by atoms with E-state index in [1.165, 1.54) is 32.1 Å². The van der Waals surface area contributed by atoms with Gasteiger partial charge in [-0.25, -0.2) is 4.98 Å². The first-order valence-corrected chi connectivity index (χ1v) is 10.6. The van der Waals surface area contributed by atoms with Crippen LogP contribution < -0.4 is 10.6 Å². The molecule has 6 nitrogen and oxygen atoms in total. The van der Waals surface area contributed by atoms with E-state index in [9.17, 15) is 0 Å². The van der Waals surface area contributed by atoms with E-state index in [0.717, 1.165) is 56.5 Å². The summed E-state index contributed by atoms with van der Waals surface area (Å²) in [5.74, 6) is 1.63. The number of benzene rings is 1. The van der Waals surface area contributed by atoms with E-state index in [0.29, 0.717) is 12.0 Å². The molecule has 0 unspecified atom stereocenters. The van der Waals surface area contributed by atoms with Crippen LogP contribution >= 0.6 is 0 Å². The molecule has 4 rings (SSSR count). The molecule has 1 aliphatic carbocycles. The van der Waals surface area contributed by atoms with E-state index >= 15 is 0 Å². The van der Waals surface area contributed by atoms with Gasteiger partial charge in [0.25, 0.3) is 0 Å². The molecule has 150 valence electrons. The third-order valence-electron chi connectivity index (χ3n) is 5.57. The number of hydrogen-bond acceptors (Lipinski definition) is 6. The molecule has 1 saturated heterocycles. The third kappa shape index (κ3) is 5.42. The summed E-state index contributed by atoms with van der Waals surface area (Å²) >= 11 is 0. The average molecular weight is 382 g/mol. The van der Waals surface area contributed by atoms with Crippen LogP contribution in [0.2, 0.25) is 0 Å². The lowest BCUT2D eigenvalue weighted by molar-refractivity contribution is 0.0398. The standard InChI is InChI=1S/C22H31N5O/c1-3-7-18(8-4-1)20-17-21(24-19-9-5-2-6-10-19)26-22(25-20)23-11-12-27-13-15-28-16-14-27/h1,3-4,7-8,17,19H,2,5-6,9-16H2,(H2,23,24,25,26). The zero-order chi connectivity index (χ0) is 19.0. The van der Waals surface area contributed by atoms with Gasteiger partial charge in [0.15, 0.2) is 0 Å². The van der Waals surface area contributed by atoms with Crippen LogP contribution in [0.1, 0.15) is 32.1 Å². The Bertz CT molecular complexity index is 727. The Morgan fingerprint density at radius 3 is 2.57 bits per heavy atom. The number of aromatic nitrogens is 2. The molecule has 0 amide bonds. The highest BCUT2D eigenvalue weighted by atomic mass is 16.5. The van der Waals surface area contributed by atoms with Gasteiger partial charge in [-0.2, -0.15) is 4.98 Å². The van der Waals surface area contributed by atoms with Gasteiger partial charge in [-0.05, 0) is 12.8 Å². The topological polar surface area (TPSA) is 62.3 Å².